The lowest BCUT2D eigenvalue weighted by atomic mass is 9.91. The molecule has 4 heteroatoms. The highest BCUT2D eigenvalue weighted by atomic mass is 16.5. The highest BCUT2D eigenvalue weighted by Crippen LogP contribution is 2.39. The Bertz CT molecular complexity index is 477. The zero-order valence-corrected chi connectivity index (χ0v) is 9.46. The summed E-state index contributed by atoms with van der Waals surface area (Å²) in [6.07, 6.45) is 0.734. The Balaban J connectivity index is 2.77. The summed E-state index contributed by atoms with van der Waals surface area (Å²) < 4.78 is 5.24. The summed E-state index contributed by atoms with van der Waals surface area (Å²) in [5.41, 5.74) is 1.29. The second-order valence-corrected chi connectivity index (χ2v) is 4.31. The van der Waals surface area contributed by atoms with Crippen LogP contribution in [0.25, 0.3) is 0 Å². The number of amides is 1. The third-order valence-electron chi connectivity index (χ3n) is 2.81. The fourth-order valence-electron chi connectivity index (χ4n) is 2.13. The highest BCUT2D eigenvalue weighted by Gasteiger charge is 2.38. The number of carbonyl (C=O) groups is 2. The van der Waals surface area contributed by atoms with Crippen LogP contribution >= 0.6 is 0 Å². The number of hydrogen-bond donors (Lipinski definition) is 1. The minimum absolute atomic E-state index is 0.129. The van der Waals surface area contributed by atoms with Crippen molar-refractivity contribution in [3.63, 3.8) is 0 Å². The Morgan fingerprint density at radius 2 is 2.06 bits per heavy atom. The van der Waals surface area contributed by atoms with E-state index in [0.717, 1.165) is 11.8 Å². The highest BCUT2D eigenvalue weighted by molar-refractivity contribution is 6.02. The van der Waals surface area contributed by atoms with Crippen molar-refractivity contribution in [1.82, 2.24) is 5.32 Å². The number of carbonyl (C=O) groups excluding carboxylic acids is 2. The lowest BCUT2D eigenvalue weighted by molar-refractivity contribution is 0.0940. The Labute approximate surface area is 93.6 Å². The first-order valence-corrected chi connectivity index (χ1v) is 5.00. The van der Waals surface area contributed by atoms with Crippen LogP contribution < -0.4 is 10.1 Å². The molecule has 0 fully saturated rings. The van der Waals surface area contributed by atoms with Crippen molar-refractivity contribution in [3.8, 4) is 5.75 Å². The zero-order valence-electron chi connectivity index (χ0n) is 9.46. The predicted octanol–water partition coefficient (Wildman–Crippen LogP) is 1.49. The molecule has 0 saturated carbocycles. The van der Waals surface area contributed by atoms with E-state index in [2.05, 4.69) is 5.32 Å². The van der Waals surface area contributed by atoms with Gasteiger partial charge in [0.2, 0.25) is 0 Å². The maximum Gasteiger partial charge on any atom is 0.252 e. The summed E-state index contributed by atoms with van der Waals surface area (Å²) in [6, 6.07) is 3.26. The Hall–Kier alpha value is -1.84. The van der Waals surface area contributed by atoms with Crippen LogP contribution in [0.1, 0.15) is 40.1 Å². The number of benzene rings is 1. The van der Waals surface area contributed by atoms with E-state index in [-0.39, 0.29) is 5.91 Å². The van der Waals surface area contributed by atoms with Crippen molar-refractivity contribution in [3.05, 3.63) is 28.8 Å². The number of aldehydes is 1. The molecule has 0 aromatic heterocycles. The van der Waals surface area contributed by atoms with E-state index < -0.39 is 5.54 Å². The SMILES string of the molecule is COc1c(C=O)ccc2c1C(C)(C)NC2=O. The van der Waals surface area contributed by atoms with Gasteiger partial charge in [-0.2, -0.15) is 0 Å². The van der Waals surface area contributed by atoms with Gasteiger partial charge in [-0.15, -0.1) is 0 Å². The van der Waals surface area contributed by atoms with E-state index in [1.807, 2.05) is 13.8 Å². The molecular weight excluding hydrogens is 206 g/mol. The van der Waals surface area contributed by atoms with E-state index in [1.54, 1.807) is 12.1 Å². The first-order valence-electron chi connectivity index (χ1n) is 5.00. The molecule has 0 aliphatic carbocycles. The van der Waals surface area contributed by atoms with Gasteiger partial charge in [-0.3, -0.25) is 9.59 Å². The smallest absolute Gasteiger partial charge is 0.252 e. The number of hydrogen-bond acceptors (Lipinski definition) is 3. The molecule has 0 unspecified atom stereocenters. The number of ether oxygens (including phenoxy) is 1. The lowest BCUT2D eigenvalue weighted by Gasteiger charge is -2.22. The number of fused-ring (bicyclic) bond motifs is 1. The van der Waals surface area contributed by atoms with Crippen LogP contribution in [0, 0.1) is 0 Å². The molecular formula is C12H13NO3. The minimum atomic E-state index is -0.503. The molecule has 84 valence electrons. The predicted molar refractivity (Wildman–Crippen MR) is 58.9 cm³/mol. The number of methoxy groups -OCH3 is 1. The molecule has 1 heterocycles. The molecule has 0 atom stereocenters. The minimum Gasteiger partial charge on any atom is -0.496 e. The topological polar surface area (TPSA) is 55.4 Å². The quantitative estimate of drug-likeness (QED) is 0.766. The van der Waals surface area contributed by atoms with Gasteiger partial charge in [-0.1, -0.05) is 0 Å². The summed E-state index contributed by atoms with van der Waals surface area (Å²) in [5, 5.41) is 2.85. The van der Waals surface area contributed by atoms with Crippen LogP contribution in [-0.2, 0) is 5.54 Å². The molecule has 0 bridgehead atoms. The molecule has 1 amide bonds. The van der Waals surface area contributed by atoms with Gasteiger partial charge in [0.25, 0.3) is 5.91 Å². The molecule has 0 saturated heterocycles. The fraction of sp³-hybridized carbons (Fsp3) is 0.333. The van der Waals surface area contributed by atoms with Crippen LogP contribution in [-0.4, -0.2) is 19.3 Å². The van der Waals surface area contributed by atoms with Crippen LogP contribution in [0.2, 0.25) is 0 Å². The van der Waals surface area contributed by atoms with Gasteiger partial charge in [0.15, 0.2) is 6.29 Å². The van der Waals surface area contributed by atoms with Crippen molar-refractivity contribution in [2.24, 2.45) is 0 Å². The lowest BCUT2D eigenvalue weighted by Crippen LogP contribution is -2.33. The van der Waals surface area contributed by atoms with E-state index >= 15 is 0 Å². The third-order valence-corrected chi connectivity index (χ3v) is 2.81. The van der Waals surface area contributed by atoms with Gasteiger partial charge in [0.05, 0.1) is 18.2 Å². The van der Waals surface area contributed by atoms with Gasteiger partial charge < -0.3 is 10.1 Å². The average molecular weight is 219 g/mol. The molecule has 16 heavy (non-hydrogen) atoms. The van der Waals surface area contributed by atoms with Crippen LogP contribution in [0.15, 0.2) is 12.1 Å². The van der Waals surface area contributed by atoms with Crippen molar-refractivity contribution >= 4 is 12.2 Å². The summed E-state index contributed by atoms with van der Waals surface area (Å²) >= 11 is 0. The van der Waals surface area contributed by atoms with Crippen molar-refractivity contribution in [2.45, 2.75) is 19.4 Å². The first-order chi connectivity index (χ1) is 7.51. The molecule has 1 aromatic rings. The van der Waals surface area contributed by atoms with Crippen molar-refractivity contribution < 1.29 is 14.3 Å². The van der Waals surface area contributed by atoms with Crippen molar-refractivity contribution in [2.75, 3.05) is 7.11 Å². The first kappa shape index (κ1) is 10.7. The molecule has 1 aliphatic heterocycles. The van der Waals surface area contributed by atoms with E-state index in [1.165, 1.54) is 7.11 Å². The Morgan fingerprint density at radius 3 is 2.62 bits per heavy atom. The van der Waals surface area contributed by atoms with Crippen LogP contribution in [0.3, 0.4) is 0 Å². The second-order valence-electron chi connectivity index (χ2n) is 4.31. The maximum atomic E-state index is 11.7. The molecule has 1 N–H and O–H groups in total. The number of nitrogens with one attached hydrogen (secondary N) is 1. The normalized spacial score (nSPS) is 16.6. The molecule has 2 rings (SSSR count). The monoisotopic (exact) mass is 219 g/mol. The molecule has 0 spiro atoms. The van der Waals surface area contributed by atoms with E-state index in [0.29, 0.717) is 16.9 Å². The Morgan fingerprint density at radius 1 is 1.38 bits per heavy atom. The molecule has 4 nitrogen and oxygen atoms in total. The van der Waals surface area contributed by atoms with Gasteiger partial charge >= 0.3 is 0 Å². The van der Waals surface area contributed by atoms with Crippen LogP contribution in [0.4, 0.5) is 0 Å². The summed E-state index contributed by atoms with van der Waals surface area (Å²) in [6.45, 7) is 3.77. The zero-order chi connectivity index (χ0) is 11.9. The summed E-state index contributed by atoms with van der Waals surface area (Å²) in [5.74, 6) is 0.353. The number of rotatable bonds is 2. The van der Waals surface area contributed by atoms with E-state index in [4.69, 9.17) is 4.74 Å². The summed E-state index contributed by atoms with van der Waals surface area (Å²) in [4.78, 5) is 22.6. The Kier molecular flexibility index (Phi) is 2.22. The largest absolute Gasteiger partial charge is 0.496 e. The fourth-order valence-corrected chi connectivity index (χ4v) is 2.13. The average Bonchev–Trinajstić information content (AvgIpc) is 2.48. The maximum absolute atomic E-state index is 11.7. The van der Waals surface area contributed by atoms with Gasteiger partial charge in [0, 0.05) is 11.1 Å². The molecule has 1 aromatic carbocycles. The standard InChI is InChI=1S/C12H13NO3/c1-12(2)9-8(11(15)13-12)5-4-7(6-14)10(9)16-3/h4-6H,1-3H3,(H,13,15). The van der Waals surface area contributed by atoms with E-state index in [9.17, 15) is 9.59 Å². The van der Waals surface area contributed by atoms with Gasteiger partial charge in [0.1, 0.15) is 5.75 Å². The molecule has 0 radical (unpaired) electrons. The second kappa shape index (κ2) is 3.33. The molecule has 1 aliphatic rings. The van der Waals surface area contributed by atoms with Crippen LogP contribution in [0.5, 0.6) is 5.75 Å². The van der Waals surface area contributed by atoms with Gasteiger partial charge in [-0.25, -0.2) is 0 Å². The third kappa shape index (κ3) is 1.30. The van der Waals surface area contributed by atoms with Crippen molar-refractivity contribution in [1.29, 1.82) is 0 Å². The summed E-state index contributed by atoms with van der Waals surface area (Å²) in [7, 11) is 1.50. The van der Waals surface area contributed by atoms with Gasteiger partial charge in [-0.05, 0) is 26.0 Å².